The summed E-state index contributed by atoms with van der Waals surface area (Å²) >= 11 is 0. The fourth-order valence-corrected chi connectivity index (χ4v) is 10.1. The standard InChI is InChI=1S/C23H38O2Si/c1-9-20-19(8)15-22(21-13-11-10-12-14-24-23(20)21)25-26(16(2)3,17(4)5)18(6)7/h10,12,15-18H,9,11,13-14H2,1-8H3/b12-10-. The molecule has 1 aliphatic rings. The number of aryl methyl sites for hydroxylation is 1. The molecule has 1 aromatic rings. The zero-order valence-electron chi connectivity index (χ0n) is 18.1. The Bertz CT molecular complexity index is 622. The molecular weight excluding hydrogens is 336 g/mol. The van der Waals surface area contributed by atoms with Gasteiger partial charge in [-0.2, -0.15) is 0 Å². The smallest absolute Gasteiger partial charge is 0.258 e. The molecular formula is C23H38O2Si. The number of hydrogen-bond donors (Lipinski definition) is 0. The van der Waals surface area contributed by atoms with E-state index in [9.17, 15) is 0 Å². The van der Waals surface area contributed by atoms with Gasteiger partial charge in [0.15, 0.2) is 0 Å². The molecule has 3 heteroatoms. The van der Waals surface area contributed by atoms with Crippen molar-refractivity contribution in [2.45, 2.75) is 91.3 Å². The lowest BCUT2D eigenvalue weighted by atomic mass is 9.96. The summed E-state index contributed by atoms with van der Waals surface area (Å²) in [6, 6.07) is 2.29. The fraction of sp³-hybridized carbons (Fsp3) is 0.652. The molecule has 2 nitrogen and oxygen atoms in total. The molecule has 0 N–H and O–H groups in total. The molecule has 0 atom stereocenters. The molecule has 0 spiro atoms. The van der Waals surface area contributed by atoms with E-state index in [-0.39, 0.29) is 0 Å². The third-order valence-corrected chi connectivity index (χ3v) is 12.1. The zero-order chi connectivity index (χ0) is 19.5. The first kappa shape index (κ1) is 21.1. The van der Waals surface area contributed by atoms with Crippen molar-refractivity contribution in [3.63, 3.8) is 0 Å². The summed E-state index contributed by atoms with van der Waals surface area (Å²) in [4.78, 5) is 0. The highest BCUT2D eigenvalue weighted by atomic mass is 28.4. The SMILES string of the molecule is CCc1c(C)cc(O[Si](C(C)C)(C(C)C)C(C)C)c2c1OC/C=C\CC2. The van der Waals surface area contributed by atoms with Crippen LogP contribution in [0.5, 0.6) is 11.5 Å². The Balaban J connectivity index is 2.62. The number of rotatable bonds is 6. The minimum absolute atomic E-state index is 0.568. The maximum Gasteiger partial charge on any atom is 0.258 e. The van der Waals surface area contributed by atoms with Gasteiger partial charge in [-0.3, -0.25) is 0 Å². The summed E-state index contributed by atoms with van der Waals surface area (Å²) in [6.45, 7) is 19.2. The first-order valence-corrected chi connectivity index (χ1v) is 12.5. The molecule has 1 aliphatic heterocycles. The van der Waals surface area contributed by atoms with Crippen molar-refractivity contribution in [1.29, 1.82) is 0 Å². The highest BCUT2D eigenvalue weighted by Crippen LogP contribution is 2.46. The maximum absolute atomic E-state index is 7.10. The topological polar surface area (TPSA) is 18.5 Å². The van der Waals surface area contributed by atoms with Crippen LogP contribution in [0.4, 0.5) is 0 Å². The monoisotopic (exact) mass is 374 g/mol. The summed E-state index contributed by atoms with van der Waals surface area (Å²) in [6.07, 6.45) is 7.42. The lowest BCUT2D eigenvalue weighted by molar-refractivity contribution is 0.348. The molecule has 0 bridgehead atoms. The second kappa shape index (κ2) is 8.64. The predicted molar refractivity (Wildman–Crippen MR) is 115 cm³/mol. The second-order valence-corrected chi connectivity index (χ2v) is 13.9. The summed E-state index contributed by atoms with van der Waals surface area (Å²) in [5.74, 6) is 2.18. The normalized spacial score (nSPS) is 16.3. The van der Waals surface area contributed by atoms with Gasteiger partial charge < -0.3 is 9.16 Å². The van der Waals surface area contributed by atoms with Gasteiger partial charge in [0.05, 0.1) is 0 Å². The van der Waals surface area contributed by atoms with Crippen LogP contribution in [-0.2, 0) is 12.8 Å². The van der Waals surface area contributed by atoms with Gasteiger partial charge >= 0.3 is 0 Å². The van der Waals surface area contributed by atoms with E-state index >= 15 is 0 Å². The molecule has 0 saturated heterocycles. The van der Waals surface area contributed by atoms with Crippen molar-refractivity contribution < 1.29 is 9.16 Å². The first-order chi connectivity index (χ1) is 12.3. The molecule has 0 aromatic heterocycles. The Kier molecular flexibility index (Phi) is 7.01. The largest absolute Gasteiger partial charge is 0.542 e. The summed E-state index contributed by atoms with van der Waals surface area (Å²) in [5.41, 5.74) is 5.63. The second-order valence-electron chi connectivity index (χ2n) is 8.57. The minimum atomic E-state index is -1.98. The fourth-order valence-electron chi connectivity index (χ4n) is 4.87. The van der Waals surface area contributed by atoms with E-state index < -0.39 is 8.32 Å². The average Bonchev–Trinajstić information content (AvgIpc) is 2.52. The summed E-state index contributed by atoms with van der Waals surface area (Å²) < 4.78 is 13.3. The number of hydrogen-bond acceptors (Lipinski definition) is 2. The van der Waals surface area contributed by atoms with Gasteiger partial charge in [0, 0.05) is 5.56 Å². The van der Waals surface area contributed by atoms with E-state index in [1.54, 1.807) is 0 Å². The van der Waals surface area contributed by atoms with Gasteiger partial charge in [-0.1, -0.05) is 60.6 Å². The lowest BCUT2D eigenvalue weighted by Crippen LogP contribution is -2.50. The van der Waals surface area contributed by atoms with Crippen LogP contribution in [0.2, 0.25) is 16.6 Å². The average molecular weight is 375 g/mol. The highest BCUT2D eigenvalue weighted by Gasteiger charge is 2.47. The molecule has 146 valence electrons. The molecule has 0 radical (unpaired) electrons. The number of ether oxygens (including phenoxy) is 1. The Morgan fingerprint density at radius 1 is 1.04 bits per heavy atom. The van der Waals surface area contributed by atoms with E-state index in [0.29, 0.717) is 23.2 Å². The van der Waals surface area contributed by atoms with Gasteiger partial charge in [0.25, 0.3) is 8.32 Å². The van der Waals surface area contributed by atoms with Crippen LogP contribution < -0.4 is 9.16 Å². The molecule has 0 amide bonds. The third-order valence-electron chi connectivity index (χ3n) is 6.07. The van der Waals surface area contributed by atoms with Crippen molar-refractivity contribution in [1.82, 2.24) is 0 Å². The van der Waals surface area contributed by atoms with E-state index in [2.05, 4.69) is 73.6 Å². The molecule has 0 unspecified atom stereocenters. The van der Waals surface area contributed by atoms with Crippen LogP contribution in [0.25, 0.3) is 0 Å². The van der Waals surface area contributed by atoms with Crippen LogP contribution >= 0.6 is 0 Å². The van der Waals surface area contributed by atoms with Crippen LogP contribution in [-0.4, -0.2) is 14.9 Å². The van der Waals surface area contributed by atoms with Crippen LogP contribution in [0.3, 0.4) is 0 Å². The Hall–Kier alpha value is -1.22. The molecule has 1 heterocycles. The molecule has 0 saturated carbocycles. The van der Waals surface area contributed by atoms with Gasteiger partial charge in [0.2, 0.25) is 0 Å². The zero-order valence-corrected chi connectivity index (χ0v) is 19.1. The van der Waals surface area contributed by atoms with E-state index in [1.807, 2.05) is 0 Å². The van der Waals surface area contributed by atoms with Crippen LogP contribution in [0, 0.1) is 6.92 Å². The summed E-state index contributed by atoms with van der Waals surface area (Å²) in [7, 11) is -1.98. The Labute approximate surface area is 162 Å². The van der Waals surface area contributed by atoms with Crippen molar-refractivity contribution in [2.75, 3.05) is 6.61 Å². The minimum Gasteiger partial charge on any atom is -0.542 e. The van der Waals surface area contributed by atoms with Gasteiger partial charge in [-0.05, 0) is 60.0 Å². The van der Waals surface area contributed by atoms with E-state index in [4.69, 9.17) is 9.16 Å². The Morgan fingerprint density at radius 3 is 2.19 bits per heavy atom. The molecule has 26 heavy (non-hydrogen) atoms. The van der Waals surface area contributed by atoms with Crippen LogP contribution in [0.1, 0.15) is 71.6 Å². The Morgan fingerprint density at radius 2 is 1.65 bits per heavy atom. The summed E-state index contributed by atoms with van der Waals surface area (Å²) in [5, 5.41) is 0. The quantitative estimate of drug-likeness (QED) is 0.394. The number of allylic oxidation sites excluding steroid dienone is 1. The molecule has 0 aliphatic carbocycles. The van der Waals surface area contributed by atoms with Crippen molar-refractivity contribution in [3.05, 3.63) is 34.9 Å². The van der Waals surface area contributed by atoms with E-state index in [1.165, 1.54) is 16.7 Å². The van der Waals surface area contributed by atoms with Crippen molar-refractivity contribution in [2.24, 2.45) is 0 Å². The van der Waals surface area contributed by atoms with Crippen LogP contribution in [0.15, 0.2) is 18.2 Å². The highest BCUT2D eigenvalue weighted by molar-refractivity contribution is 6.78. The number of fused-ring (bicyclic) bond motifs is 1. The first-order valence-electron chi connectivity index (χ1n) is 10.4. The lowest BCUT2D eigenvalue weighted by Gasteiger charge is -2.43. The van der Waals surface area contributed by atoms with Crippen molar-refractivity contribution in [3.8, 4) is 11.5 Å². The number of benzene rings is 1. The van der Waals surface area contributed by atoms with Gasteiger partial charge in [-0.25, -0.2) is 0 Å². The third kappa shape index (κ3) is 3.88. The van der Waals surface area contributed by atoms with E-state index in [0.717, 1.165) is 30.8 Å². The molecule has 2 rings (SSSR count). The predicted octanol–water partition coefficient (Wildman–Crippen LogP) is 6.99. The molecule has 0 fully saturated rings. The maximum atomic E-state index is 7.10. The molecule has 1 aromatic carbocycles. The van der Waals surface area contributed by atoms with Gasteiger partial charge in [-0.15, -0.1) is 0 Å². The van der Waals surface area contributed by atoms with Crippen molar-refractivity contribution >= 4 is 8.32 Å². The van der Waals surface area contributed by atoms with Gasteiger partial charge in [0.1, 0.15) is 18.1 Å².